The van der Waals surface area contributed by atoms with E-state index in [4.69, 9.17) is 30.3 Å². The molecule has 11 nitrogen and oxygen atoms in total. The maximum Gasteiger partial charge on any atom is 0.324 e. The van der Waals surface area contributed by atoms with Gasteiger partial charge in [0.1, 0.15) is 12.2 Å². The van der Waals surface area contributed by atoms with Gasteiger partial charge in [-0.15, -0.1) is 0 Å². The van der Waals surface area contributed by atoms with Crippen molar-refractivity contribution in [1.29, 1.82) is 0 Å². The van der Waals surface area contributed by atoms with Crippen molar-refractivity contribution in [2.45, 2.75) is 24.7 Å². The van der Waals surface area contributed by atoms with Crippen LogP contribution in [0, 0.1) is 5.92 Å². The van der Waals surface area contributed by atoms with Crippen molar-refractivity contribution >= 4 is 36.4 Å². The van der Waals surface area contributed by atoms with Crippen LogP contribution in [0.15, 0.2) is 12.2 Å². The monoisotopic (exact) mass is 451 g/mol. The maximum atomic E-state index is 12.3. The zero-order valence-electron chi connectivity index (χ0n) is 16.4. The first-order valence-corrected chi connectivity index (χ1v) is 11.5. The summed E-state index contributed by atoms with van der Waals surface area (Å²) in [4.78, 5) is 46.3. The zero-order chi connectivity index (χ0) is 21.6. The number of rotatable bonds is 10. The Labute approximate surface area is 173 Å². The lowest BCUT2D eigenvalue weighted by atomic mass is 10.1. The van der Waals surface area contributed by atoms with Crippen molar-refractivity contribution in [1.82, 2.24) is 15.5 Å². The number of carbonyl (C=O) groups excluding carboxylic acids is 3. The molecule has 0 aromatic rings. The number of methoxy groups -OCH3 is 2. The molecule has 1 saturated carbocycles. The summed E-state index contributed by atoms with van der Waals surface area (Å²) in [6, 6.07) is -0.926. The molecule has 5 atom stereocenters. The van der Waals surface area contributed by atoms with Crippen LogP contribution in [0.4, 0.5) is 4.79 Å². The SMILES string of the molecule is COC[C@H]1C[C@@H](NC(=O)NCCN2C(=O)C=CC2=O)[C@@H](OC)C1OP(O)(=S)OC. The Morgan fingerprint density at radius 3 is 2.48 bits per heavy atom. The average molecular weight is 451 g/mol. The van der Waals surface area contributed by atoms with Crippen LogP contribution in [-0.2, 0) is 39.9 Å². The predicted octanol–water partition coefficient (Wildman–Crippen LogP) is -0.491. The molecule has 4 amide bonds. The molecule has 1 fully saturated rings. The average Bonchev–Trinajstić information content (AvgIpc) is 3.15. The minimum atomic E-state index is -3.44. The van der Waals surface area contributed by atoms with E-state index in [0.717, 1.165) is 4.90 Å². The van der Waals surface area contributed by atoms with Crippen molar-refractivity contribution in [2.75, 3.05) is 41.0 Å². The third-order valence-corrected chi connectivity index (χ3v) is 6.39. The van der Waals surface area contributed by atoms with Crippen LogP contribution >= 0.6 is 6.72 Å². The Morgan fingerprint density at radius 1 is 1.28 bits per heavy atom. The smallest absolute Gasteiger partial charge is 0.324 e. The molecule has 0 radical (unpaired) electrons. The lowest BCUT2D eigenvalue weighted by Crippen LogP contribution is -2.49. The minimum absolute atomic E-state index is 0.0653. The van der Waals surface area contributed by atoms with Gasteiger partial charge in [-0.25, -0.2) is 4.79 Å². The second-order valence-corrected chi connectivity index (χ2v) is 9.44. The fourth-order valence-corrected chi connectivity index (χ4v) is 4.39. The first-order valence-electron chi connectivity index (χ1n) is 8.89. The fraction of sp³-hybridized carbons (Fsp3) is 0.688. The van der Waals surface area contributed by atoms with Crippen molar-refractivity contribution in [3.8, 4) is 0 Å². The third-order valence-electron chi connectivity index (χ3n) is 4.72. The molecule has 0 aromatic heterocycles. The molecule has 0 bridgehead atoms. The first-order chi connectivity index (χ1) is 13.7. The summed E-state index contributed by atoms with van der Waals surface area (Å²) in [6.07, 6.45) is 1.62. The molecule has 2 unspecified atom stereocenters. The highest BCUT2D eigenvalue weighted by Gasteiger charge is 2.47. The molecule has 13 heteroatoms. The van der Waals surface area contributed by atoms with E-state index in [1.807, 2.05) is 0 Å². The van der Waals surface area contributed by atoms with Crippen molar-refractivity contribution in [2.24, 2.45) is 5.92 Å². The van der Waals surface area contributed by atoms with Gasteiger partial charge in [0.15, 0.2) is 0 Å². The standard InChI is InChI=1S/C16H26N3O8PS/c1-24-9-10-8-11(15(25-2)14(10)27-28(23,29)26-3)18-16(22)17-6-7-19-12(20)4-5-13(19)21/h4-5,10-11,14-15H,6-9H2,1-3H3,(H,23,29)(H2,17,18,22)/t10-,11-,14?,15-,28?/m1/s1. The van der Waals surface area contributed by atoms with E-state index < -0.39 is 42.8 Å². The van der Waals surface area contributed by atoms with Crippen LogP contribution in [0.1, 0.15) is 6.42 Å². The highest BCUT2D eigenvalue weighted by molar-refractivity contribution is 8.07. The van der Waals surface area contributed by atoms with Gasteiger partial charge in [0.25, 0.3) is 11.8 Å². The summed E-state index contributed by atoms with van der Waals surface area (Å²) >= 11 is 4.94. The molecule has 1 heterocycles. The third kappa shape index (κ3) is 6.29. The summed E-state index contributed by atoms with van der Waals surface area (Å²) in [7, 11) is 4.26. The van der Waals surface area contributed by atoms with Gasteiger partial charge in [0.05, 0.1) is 12.6 Å². The summed E-state index contributed by atoms with van der Waals surface area (Å²) in [5.41, 5.74) is 0. The van der Waals surface area contributed by atoms with Gasteiger partial charge in [-0.1, -0.05) is 0 Å². The molecule has 2 aliphatic rings. The number of nitrogens with zero attached hydrogens (tertiary/aromatic N) is 1. The molecule has 1 aliphatic heterocycles. The van der Waals surface area contributed by atoms with Crippen molar-refractivity contribution in [3.05, 3.63) is 12.2 Å². The molecular weight excluding hydrogens is 425 g/mol. The van der Waals surface area contributed by atoms with Crippen molar-refractivity contribution < 1.29 is 37.8 Å². The number of imide groups is 1. The molecule has 1 aliphatic carbocycles. The van der Waals surface area contributed by atoms with Crippen molar-refractivity contribution in [3.63, 3.8) is 0 Å². The lowest BCUT2D eigenvalue weighted by molar-refractivity contribution is -0.136. The van der Waals surface area contributed by atoms with Crippen LogP contribution in [0.2, 0.25) is 0 Å². The topological polar surface area (TPSA) is 136 Å². The number of urea groups is 1. The normalized spacial score (nSPS) is 28.6. The van der Waals surface area contributed by atoms with E-state index in [0.29, 0.717) is 13.0 Å². The Bertz CT molecular complexity index is 688. The van der Waals surface area contributed by atoms with Gasteiger partial charge < -0.3 is 34.0 Å². The Balaban J connectivity index is 1.92. The Kier molecular flexibility index (Phi) is 8.71. The van der Waals surface area contributed by atoms with Crippen LogP contribution in [0.5, 0.6) is 0 Å². The van der Waals surface area contributed by atoms with Crippen LogP contribution in [0.3, 0.4) is 0 Å². The van der Waals surface area contributed by atoms with Gasteiger partial charge in [-0.2, -0.15) is 0 Å². The Hall–Kier alpha value is -1.40. The van der Waals surface area contributed by atoms with Gasteiger partial charge in [-0.05, 0) is 18.2 Å². The molecule has 0 saturated heterocycles. The van der Waals surface area contributed by atoms with Gasteiger partial charge in [0, 0.05) is 52.5 Å². The van der Waals surface area contributed by atoms with Gasteiger partial charge >= 0.3 is 12.7 Å². The molecule has 164 valence electrons. The Morgan fingerprint density at radius 2 is 1.93 bits per heavy atom. The highest BCUT2D eigenvalue weighted by atomic mass is 32.5. The highest BCUT2D eigenvalue weighted by Crippen LogP contribution is 2.48. The largest absolute Gasteiger partial charge is 0.384 e. The number of amides is 4. The van der Waals surface area contributed by atoms with Crippen LogP contribution in [-0.4, -0.2) is 86.9 Å². The van der Waals surface area contributed by atoms with Crippen LogP contribution < -0.4 is 10.6 Å². The first kappa shape index (κ1) is 23.9. The molecular formula is C16H26N3O8PS. The van der Waals surface area contributed by atoms with E-state index in [1.54, 1.807) is 0 Å². The van der Waals surface area contributed by atoms with E-state index in [9.17, 15) is 19.3 Å². The van der Waals surface area contributed by atoms with E-state index in [2.05, 4.69) is 10.6 Å². The molecule has 2 rings (SSSR count). The minimum Gasteiger partial charge on any atom is -0.384 e. The summed E-state index contributed by atoms with van der Waals surface area (Å²) in [5, 5.41) is 5.40. The van der Waals surface area contributed by atoms with E-state index in [1.165, 1.54) is 33.5 Å². The molecule has 0 spiro atoms. The molecule has 3 N–H and O–H groups in total. The number of hydrogen-bond donors (Lipinski definition) is 3. The second kappa shape index (κ2) is 10.6. The van der Waals surface area contributed by atoms with E-state index >= 15 is 0 Å². The summed E-state index contributed by atoms with van der Waals surface area (Å²) < 4.78 is 21.2. The molecule has 29 heavy (non-hydrogen) atoms. The molecule has 0 aromatic carbocycles. The number of ether oxygens (including phenoxy) is 2. The van der Waals surface area contributed by atoms with Crippen LogP contribution in [0.25, 0.3) is 0 Å². The van der Waals surface area contributed by atoms with Gasteiger partial charge in [-0.3, -0.25) is 14.5 Å². The van der Waals surface area contributed by atoms with Gasteiger partial charge in [0.2, 0.25) is 0 Å². The summed E-state index contributed by atoms with van der Waals surface area (Å²) in [6.45, 7) is -2.97. The summed E-state index contributed by atoms with van der Waals surface area (Å²) in [5.74, 6) is -1.01. The quantitative estimate of drug-likeness (QED) is 0.297. The number of nitrogens with one attached hydrogen (secondary N) is 2. The van der Waals surface area contributed by atoms with E-state index in [-0.39, 0.29) is 19.0 Å². The maximum absolute atomic E-state index is 12.3. The zero-order valence-corrected chi connectivity index (χ0v) is 18.1. The fourth-order valence-electron chi connectivity index (χ4n) is 3.40. The predicted molar refractivity (Wildman–Crippen MR) is 105 cm³/mol. The number of carbonyl (C=O) groups is 3. The second-order valence-electron chi connectivity index (χ2n) is 6.54. The lowest BCUT2D eigenvalue weighted by Gasteiger charge is -2.28. The number of hydrogen-bond acceptors (Lipinski definition) is 8.